The van der Waals surface area contributed by atoms with Crippen molar-refractivity contribution in [1.82, 2.24) is 0 Å². The van der Waals surface area contributed by atoms with Crippen LogP contribution in [-0.2, 0) is 9.59 Å². The first kappa shape index (κ1) is 18.0. The van der Waals surface area contributed by atoms with Gasteiger partial charge in [-0.1, -0.05) is 36.4 Å². The SMILES string of the molecule is CC(=O)Nc1cc(NC(=O)CSc2ccc3ccccc3c2)ccc1C. The van der Waals surface area contributed by atoms with Crippen LogP contribution in [0.4, 0.5) is 11.4 Å². The van der Waals surface area contributed by atoms with Gasteiger partial charge in [0.25, 0.3) is 0 Å². The second-order valence-corrected chi connectivity index (χ2v) is 7.11. The standard InChI is InChI=1S/C21H20N2O2S/c1-14-7-9-18(12-20(14)22-15(2)24)23-21(25)13-26-19-10-8-16-5-3-4-6-17(16)11-19/h3-12H,13H2,1-2H3,(H,22,24)(H,23,25). The van der Waals surface area contributed by atoms with Crippen molar-refractivity contribution in [3.8, 4) is 0 Å². The van der Waals surface area contributed by atoms with Gasteiger partial charge in [0.05, 0.1) is 5.75 Å². The molecule has 0 spiro atoms. The van der Waals surface area contributed by atoms with Gasteiger partial charge < -0.3 is 10.6 Å². The largest absolute Gasteiger partial charge is 0.326 e. The first-order valence-corrected chi connectivity index (χ1v) is 9.29. The number of hydrogen-bond acceptors (Lipinski definition) is 3. The van der Waals surface area contributed by atoms with Crippen molar-refractivity contribution in [2.24, 2.45) is 0 Å². The molecular weight excluding hydrogens is 344 g/mol. The van der Waals surface area contributed by atoms with E-state index in [0.717, 1.165) is 15.8 Å². The van der Waals surface area contributed by atoms with E-state index in [9.17, 15) is 9.59 Å². The van der Waals surface area contributed by atoms with E-state index in [0.29, 0.717) is 17.1 Å². The van der Waals surface area contributed by atoms with Gasteiger partial charge in [-0.25, -0.2) is 0 Å². The van der Waals surface area contributed by atoms with Crippen LogP contribution >= 0.6 is 11.8 Å². The molecule has 3 rings (SSSR count). The lowest BCUT2D eigenvalue weighted by molar-refractivity contribution is -0.114. The minimum absolute atomic E-state index is 0.0826. The second-order valence-electron chi connectivity index (χ2n) is 6.06. The van der Waals surface area contributed by atoms with Crippen LogP contribution in [0, 0.1) is 6.92 Å². The zero-order valence-electron chi connectivity index (χ0n) is 14.7. The normalized spacial score (nSPS) is 10.5. The van der Waals surface area contributed by atoms with Crippen LogP contribution in [0.1, 0.15) is 12.5 Å². The lowest BCUT2D eigenvalue weighted by Gasteiger charge is -2.10. The Hall–Kier alpha value is -2.79. The summed E-state index contributed by atoms with van der Waals surface area (Å²) in [5.41, 5.74) is 2.32. The molecule has 3 aromatic carbocycles. The van der Waals surface area contributed by atoms with Gasteiger partial charge in [0.15, 0.2) is 0 Å². The Bertz CT molecular complexity index is 969. The summed E-state index contributed by atoms with van der Waals surface area (Å²) < 4.78 is 0. The first-order chi connectivity index (χ1) is 12.5. The Morgan fingerprint density at radius 3 is 2.46 bits per heavy atom. The number of amides is 2. The maximum atomic E-state index is 12.2. The molecule has 0 aliphatic rings. The maximum absolute atomic E-state index is 12.2. The summed E-state index contributed by atoms with van der Waals surface area (Å²) in [6, 6.07) is 19.8. The molecule has 2 N–H and O–H groups in total. The van der Waals surface area contributed by atoms with E-state index in [1.54, 1.807) is 6.07 Å². The Labute approximate surface area is 157 Å². The minimum Gasteiger partial charge on any atom is -0.326 e. The number of carbonyl (C=O) groups is 2. The van der Waals surface area contributed by atoms with Gasteiger partial charge >= 0.3 is 0 Å². The fourth-order valence-corrected chi connectivity index (χ4v) is 3.37. The summed E-state index contributed by atoms with van der Waals surface area (Å²) in [6.07, 6.45) is 0. The van der Waals surface area contributed by atoms with Gasteiger partial charge in [-0.3, -0.25) is 9.59 Å². The lowest BCUT2D eigenvalue weighted by Crippen LogP contribution is -2.14. The van der Waals surface area contributed by atoms with E-state index in [-0.39, 0.29) is 11.8 Å². The van der Waals surface area contributed by atoms with Crippen molar-refractivity contribution in [3.05, 3.63) is 66.2 Å². The summed E-state index contributed by atoms with van der Waals surface area (Å²) in [6.45, 7) is 3.37. The number of thioether (sulfide) groups is 1. The molecule has 0 fully saturated rings. The summed E-state index contributed by atoms with van der Waals surface area (Å²) in [5.74, 6) is 0.103. The summed E-state index contributed by atoms with van der Waals surface area (Å²) in [5, 5.41) is 8.00. The maximum Gasteiger partial charge on any atom is 0.234 e. The highest BCUT2D eigenvalue weighted by atomic mass is 32.2. The number of benzene rings is 3. The van der Waals surface area contributed by atoms with Gasteiger partial charge in [-0.15, -0.1) is 11.8 Å². The number of fused-ring (bicyclic) bond motifs is 1. The molecule has 0 radical (unpaired) electrons. The van der Waals surface area contributed by atoms with E-state index in [1.165, 1.54) is 24.1 Å². The average molecular weight is 364 g/mol. The highest BCUT2D eigenvalue weighted by molar-refractivity contribution is 8.00. The number of anilines is 2. The third-order valence-corrected chi connectivity index (χ3v) is 4.92. The van der Waals surface area contributed by atoms with Crippen LogP contribution in [0.5, 0.6) is 0 Å². The molecule has 0 saturated heterocycles. The van der Waals surface area contributed by atoms with E-state index in [2.05, 4.69) is 34.9 Å². The first-order valence-electron chi connectivity index (χ1n) is 8.31. The van der Waals surface area contributed by atoms with E-state index in [4.69, 9.17) is 0 Å². The monoisotopic (exact) mass is 364 g/mol. The molecule has 0 aliphatic carbocycles. The number of nitrogens with one attached hydrogen (secondary N) is 2. The highest BCUT2D eigenvalue weighted by Gasteiger charge is 2.07. The minimum atomic E-state index is -0.136. The van der Waals surface area contributed by atoms with Gasteiger partial charge in [0.1, 0.15) is 0 Å². The second kappa shape index (κ2) is 8.06. The van der Waals surface area contributed by atoms with Gasteiger partial charge in [-0.05, 0) is 47.5 Å². The number of hydrogen-bond donors (Lipinski definition) is 2. The van der Waals surface area contributed by atoms with Crippen molar-refractivity contribution >= 4 is 45.7 Å². The Morgan fingerprint density at radius 1 is 0.923 bits per heavy atom. The molecule has 0 bridgehead atoms. The van der Waals surface area contributed by atoms with E-state index < -0.39 is 0 Å². The Kier molecular flexibility index (Phi) is 5.58. The lowest BCUT2D eigenvalue weighted by atomic mass is 10.1. The third-order valence-electron chi connectivity index (χ3n) is 3.92. The zero-order chi connectivity index (χ0) is 18.5. The molecule has 0 heterocycles. The summed E-state index contributed by atoms with van der Waals surface area (Å²) >= 11 is 1.50. The molecule has 2 amide bonds. The molecule has 0 atom stereocenters. The molecule has 26 heavy (non-hydrogen) atoms. The van der Waals surface area contributed by atoms with Crippen molar-refractivity contribution in [2.45, 2.75) is 18.7 Å². The molecule has 0 aliphatic heterocycles. The van der Waals surface area contributed by atoms with Crippen LogP contribution in [0.15, 0.2) is 65.6 Å². The zero-order valence-corrected chi connectivity index (χ0v) is 15.5. The van der Waals surface area contributed by atoms with E-state index in [1.807, 2.05) is 37.3 Å². The Balaban J connectivity index is 1.62. The summed E-state index contributed by atoms with van der Waals surface area (Å²) in [7, 11) is 0. The molecule has 0 saturated carbocycles. The van der Waals surface area contributed by atoms with Crippen LogP contribution in [-0.4, -0.2) is 17.6 Å². The van der Waals surface area contributed by atoms with Crippen molar-refractivity contribution < 1.29 is 9.59 Å². The fraction of sp³-hybridized carbons (Fsp3) is 0.143. The Morgan fingerprint density at radius 2 is 1.69 bits per heavy atom. The number of aryl methyl sites for hydroxylation is 1. The number of rotatable bonds is 5. The van der Waals surface area contributed by atoms with Crippen LogP contribution in [0.25, 0.3) is 10.8 Å². The van der Waals surface area contributed by atoms with Crippen LogP contribution in [0.3, 0.4) is 0 Å². The fourth-order valence-electron chi connectivity index (χ4n) is 2.63. The van der Waals surface area contributed by atoms with Gasteiger partial charge in [-0.2, -0.15) is 0 Å². The highest BCUT2D eigenvalue weighted by Crippen LogP contribution is 2.24. The predicted octanol–water partition coefficient (Wildman–Crippen LogP) is 4.84. The smallest absolute Gasteiger partial charge is 0.234 e. The van der Waals surface area contributed by atoms with Crippen LogP contribution in [0.2, 0.25) is 0 Å². The quantitative estimate of drug-likeness (QED) is 0.637. The third kappa shape index (κ3) is 4.64. The molecule has 4 nitrogen and oxygen atoms in total. The van der Waals surface area contributed by atoms with E-state index >= 15 is 0 Å². The van der Waals surface area contributed by atoms with Crippen molar-refractivity contribution in [3.63, 3.8) is 0 Å². The van der Waals surface area contributed by atoms with Crippen molar-refractivity contribution in [1.29, 1.82) is 0 Å². The molecular formula is C21H20N2O2S. The molecule has 5 heteroatoms. The van der Waals surface area contributed by atoms with Crippen molar-refractivity contribution in [2.75, 3.05) is 16.4 Å². The average Bonchev–Trinajstić information content (AvgIpc) is 2.62. The molecule has 0 unspecified atom stereocenters. The van der Waals surface area contributed by atoms with Crippen LogP contribution < -0.4 is 10.6 Å². The molecule has 3 aromatic rings. The van der Waals surface area contributed by atoms with Gasteiger partial charge in [0, 0.05) is 23.2 Å². The molecule has 132 valence electrons. The number of carbonyl (C=O) groups excluding carboxylic acids is 2. The summed E-state index contributed by atoms with van der Waals surface area (Å²) in [4.78, 5) is 24.6. The predicted molar refractivity (Wildman–Crippen MR) is 109 cm³/mol. The van der Waals surface area contributed by atoms with Gasteiger partial charge in [0.2, 0.25) is 11.8 Å². The molecule has 0 aromatic heterocycles. The topological polar surface area (TPSA) is 58.2 Å².